The number of hydrogen-bond acceptors (Lipinski definition) is 1. The number of alkyl halides is 1. The molecule has 0 saturated heterocycles. The molecule has 1 nitrogen and oxygen atoms in total. The fraction of sp³-hybridized carbons (Fsp3) is 0.400. The van der Waals surface area contributed by atoms with Crippen molar-refractivity contribution < 1.29 is 9.13 Å². The summed E-state index contributed by atoms with van der Waals surface area (Å²) in [4.78, 5) is 0. The second kappa shape index (κ2) is 4.61. The first-order valence-electron chi connectivity index (χ1n) is 4.14. The summed E-state index contributed by atoms with van der Waals surface area (Å²) >= 11 is 3.32. The monoisotopic (exact) mass is 246 g/mol. The average Bonchev–Trinajstić information content (AvgIpc) is 2.03. The largest absolute Gasteiger partial charge is 0.491 e. The van der Waals surface area contributed by atoms with Crippen molar-refractivity contribution in [2.45, 2.75) is 25.3 Å². The first kappa shape index (κ1) is 10.5. The maximum atomic E-state index is 12.8. The molecule has 1 aromatic rings. The molecule has 0 N–H and O–H groups in total. The lowest BCUT2D eigenvalue weighted by atomic mass is 10.2. The highest BCUT2D eigenvalue weighted by molar-refractivity contribution is 9.08. The van der Waals surface area contributed by atoms with Gasteiger partial charge in [-0.25, -0.2) is 4.39 Å². The predicted molar refractivity (Wildman–Crippen MR) is 54.8 cm³/mol. The third-order valence-corrected chi connectivity index (χ3v) is 2.14. The van der Waals surface area contributed by atoms with Gasteiger partial charge in [-0.05, 0) is 19.9 Å². The molecule has 0 fully saturated rings. The van der Waals surface area contributed by atoms with E-state index in [1.165, 1.54) is 12.1 Å². The van der Waals surface area contributed by atoms with Crippen LogP contribution in [-0.2, 0) is 5.33 Å². The Labute approximate surface area is 86.0 Å². The summed E-state index contributed by atoms with van der Waals surface area (Å²) in [6, 6.07) is 4.57. The Morgan fingerprint density at radius 1 is 1.46 bits per heavy atom. The molecule has 0 unspecified atom stereocenters. The van der Waals surface area contributed by atoms with Gasteiger partial charge < -0.3 is 4.74 Å². The van der Waals surface area contributed by atoms with E-state index in [0.717, 1.165) is 5.56 Å². The lowest BCUT2D eigenvalue weighted by molar-refractivity contribution is 0.239. The van der Waals surface area contributed by atoms with Crippen LogP contribution in [0.15, 0.2) is 18.2 Å². The minimum atomic E-state index is -0.264. The van der Waals surface area contributed by atoms with Crippen LogP contribution in [0.1, 0.15) is 19.4 Å². The molecule has 0 aliphatic carbocycles. The van der Waals surface area contributed by atoms with Crippen molar-refractivity contribution in [1.82, 2.24) is 0 Å². The molecule has 0 bridgehead atoms. The van der Waals surface area contributed by atoms with E-state index in [2.05, 4.69) is 15.9 Å². The van der Waals surface area contributed by atoms with Crippen molar-refractivity contribution in [1.29, 1.82) is 0 Å². The van der Waals surface area contributed by atoms with Crippen molar-refractivity contribution in [3.05, 3.63) is 29.6 Å². The van der Waals surface area contributed by atoms with Crippen LogP contribution < -0.4 is 4.74 Å². The van der Waals surface area contributed by atoms with Gasteiger partial charge >= 0.3 is 0 Å². The summed E-state index contributed by atoms with van der Waals surface area (Å²) in [5.74, 6) is 0.354. The van der Waals surface area contributed by atoms with Crippen LogP contribution in [0.5, 0.6) is 5.75 Å². The molecule has 1 rings (SSSR count). The molecule has 13 heavy (non-hydrogen) atoms. The first-order chi connectivity index (χ1) is 6.13. The van der Waals surface area contributed by atoms with E-state index in [1.54, 1.807) is 6.07 Å². The lowest BCUT2D eigenvalue weighted by Crippen LogP contribution is -2.07. The Bertz CT molecular complexity index is 286. The molecule has 0 amide bonds. The van der Waals surface area contributed by atoms with Crippen LogP contribution >= 0.6 is 15.9 Å². The molecule has 0 heterocycles. The molecule has 0 aliphatic heterocycles. The Morgan fingerprint density at radius 3 is 2.69 bits per heavy atom. The molecule has 0 spiro atoms. The molecule has 0 aromatic heterocycles. The summed E-state index contributed by atoms with van der Waals surface area (Å²) in [5.41, 5.74) is 0.968. The zero-order valence-electron chi connectivity index (χ0n) is 7.68. The number of rotatable bonds is 3. The van der Waals surface area contributed by atoms with Gasteiger partial charge in [0.25, 0.3) is 0 Å². The van der Waals surface area contributed by atoms with Gasteiger partial charge in [0, 0.05) is 17.0 Å². The van der Waals surface area contributed by atoms with Crippen molar-refractivity contribution in [2.24, 2.45) is 0 Å². The number of benzene rings is 1. The molecule has 0 radical (unpaired) electrons. The van der Waals surface area contributed by atoms with E-state index in [1.807, 2.05) is 13.8 Å². The summed E-state index contributed by atoms with van der Waals surface area (Å²) < 4.78 is 18.3. The van der Waals surface area contributed by atoms with Crippen molar-refractivity contribution in [3.63, 3.8) is 0 Å². The Morgan fingerprint density at radius 2 is 2.15 bits per heavy atom. The summed E-state index contributed by atoms with van der Waals surface area (Å²) in [6.45, 7) is 3.84. The number of halogens is 2. The van der Waals surface area contributed by atoms with Crippen LogP contribution in [0, 0.1) is 5.82 Å². The van der Waals surface area contributed by atoms with Gasteiger partial charge in [0.2, 0.25) is 0 Å². The average molecular weight is 247 g/mol. The maximum Gasteiger partial charge on any atom is 0.126 e. The van der Waals surface area contributed by atoms with E-state index in [0.29, 0.717) is 11.1 Å². The molecule has 0 aliphatic rings. The van der Waals surface area contributed by atoms with Crippen molar-refractivity contribution in [3.8, 4) is 5.75 Å². The summed E-state index contributed by atoms with van der Waals surface area (Å²) in [6.07, 6.45) is 0.0691. The molecule has 0 atom stereocenters. The summed E-state index contributed by atoms with van der Waals surface area (Å²) in [5, 5.41) is 0.676. The quantitative estimate of drug-likeness (QED) is 0.742. The van der Waals surface area contributed by atoms with E-state index in [4.69, 9.17) is 4.74 Å². The highest BCUT2D eigenvalue weighted by Gasteiger charge is 2.05. The maximum absolute atomic E-state index is 12.8. The number of hydrogen-bond donors (Lipinski definition) is 0. The van der Waals surface area contributed by atoms with E-state index in [9.17, 15) is 4.39 Å². The standard InChI is InChI=1S/C10H12BrFO/c1-7(2)13-10-5-9(12)4-3-8(10)6-11/h3-5,7H,6H2,1-2H3. The van der Waals surface area contributed by atoms with Crippen LogP contribution in [0.2, 0.25) is 0 Å². The van der Waals surface area contributed by atoms with Gasteiger partial charge in [-0.2, -0.15) is 0 Å². The third-order valence-electron chi connectivity index (χ3n) is 1.54. The van der Waals surface area contributed by atoms with Crippen molar-refractivity contribution >= 4 is 15.9 Å². The normalized spacial score (nSPS) is 10.5. The Kier molecular flexibility index (Phi) is 3.72. The van der Waals surface area contributed by atoms with Gasteiger partial charge in [0.15, 0.2) is 0 Å². The number of ether oxygens (including phenoxy) is 1. The van der Waals surface area contributed by atoms with Gasteiger partial charge in [-0.15, -0.1) is 0 Å². The van der Waals surface area contributed by atoms with Crippen LogP contribution in [0.4, 0.5) is 4.39 Å². The topological polar surface area (TPSA) is 9.23 Å². The Balaban J connectivity index is 2.94. The zero-order chi connectivity index (χ0) is 9.84. The minimum Gasteiger partial charge on any atom is -0.491 e. The first-order valence-corrected chi connectivity index (χ1v) is 5.26. The van der Waals surface area contributed by atoms with Gasteiger partial charge in [0.1, 0.15) is 11.6 Å². The molecular formula is C10H12BrFO. The van der Waals surface area contributed by atoms with Crippen LogP contribution in [0.25, 0.3) is 0 Å². The van der Waals surface area contributed by atoms with Gasteiger partial charge in [-0.1, -0.05) is 22.0 Å². The summed E-state index contributed by atoms with van der Waals surface area (Å²) in [7, 11) is 0. The highest BCUT2D eigenvalue weighted by Crippen LogP contribution is 2.23. The van der Waals surface area contributed by atoms with Crippen LogP contribution in [-0.4, -0.2) is 6.10 Å². The minimum absolute atomic E-state index is 0.0691. The van der Waals surface area contributed by atoms with Gasteiger partial charge in [-0.3, -0.25) is 0 Å². The second-order valence-electron chi connectivity index (χ2n) is 3.05. The third kappa shape index (κ3) is 2.99. The van der Waals surface area contributed by atoms with E-state index < -0.39 is 0 Å². The molecule has 72 valence electrons. The fourth-order valence-electron chi connectivity index (χ4n) is 1.00. The SMILES string of the molecule is CC(C)Oc1cc(F)ccc1CBr. The zero-order valence-corrected chi connectivity index (χ0v) is 9.27. The van der Waals surface area contributed by atoms with Crippen LogP contribution in [0.3, 0.4) is 0 Å². The molecule has 3 heteroatoms. The van der Waals surface area contributed by atoms with E-state index >= 15 is 0 Å². The fourth-order valence-corrected chi connectivity index (χ4v) is 1.47. The van der Waals surface area contributed by atoms with Crippen molar-refractivity contribution in [2.75, 3.05) is 0 Å². The second-order valence-corrected chi connectivity index (χ2v) is 3.61. The predicted octanol–water partition coefficient (Wildman–Crippen LogP) is 3.51. The Hall–Kier alpha value is -0.570. The molecule has 1 aromatic carbocycles. The molecule has 0 saturated carbocycles. The highest BCUT2D eigenvalue weighted by atomic mass is 79.9. The van der Waals surface area contributed by atoms with Gasteiger partial charge in [0.05, 0.1) is 6.10 Å². The molecular weight excluding hydrogens is 235 g/mol. The van der Waals surface area contributed by atoms with E-state index in [-0.39, 0.29) is 11.9 Å². The smallest absolute Gasteiger partial charge is 0.126 e. The lowest BCUT2D eigenvalue weighted by Gasteiger charge is -2.12.